The molecule has 170 valence electrons. The number of aromatic nitrogens is 2. The van der Waals surface area contributed by atoms with Crippen molar-refractivity contribution in [1.82, 2.24) is 20.8 Å². The van der Waals surface area contributed by atoms with Crippen LogP contribution in [0.2, 0.25) is 0 Å². The van der Waals surface area contributed by atoms with Gasteiger partial charge in [-0.15, -0.1) is 0 Å². The van der Waals surface area contributed by atoms with Gasteiger partial charge in [-0.1, -0.05) is 31.0 Å². The molecule has 7 nitrogen and oxygen atoms in total. The Morgan fingerprint density at radius 2 is 1.81 bits per heavy atom. The van der Waals surface area contributed by atoms with Crippen LogP contribution in [0, 0.1) is 0 Å². The zero-order valence-electron chi connectivity index (χ0n) is 17.1. The molecule has 2 amide bonds. The molecule has 0 bridgehead atoms. The van der Waals surface area contributed by atoms with Crippen LogP contribution < -0.4 is 10.8 Å². The Bertz CT molecular complexity index is 1070. The highest BCUT2D eigenvalue weighted by Gasteiger charge is 2.31. The first-order chi connectivity index (χ1) is 15.3. The van der Waals surface area contributed by atoms with Crippen molar-refractivity contribution in [2.24, 2.45) is 0 Å². The monoisotopic (exact) mass is 448 g/mol. The summed E-state index contributed by atoms with van der Waals surface area (Å²) >= 11 is 0. The molecule has 2 aromatic carbocycles. The number of hydrogen-bond donors (Lipinski definition) is 4. The van der Waals surface area contributed by atoms with Crippen molar-refractivity contribution >= 4 is 22.8 Å². The summed E-state index contributed by atoms with van der Waals surface area (Å²) in [5, 5.41) is 11.4. The predicted octanol–water partition coefficient (Wildman–Crippen LogP) is 4.51. The summed E-state index contributed by atoms with van der Waals surface area (Å²) < 4.78 is 39.1. The van der Waals surface area contributed by atoms with Gasteiger partial charge in [0.1, 0.15) is 5.82 Å². The number of fused-ring (bicyclic) bond motifs is 1. The maximum Gasteiger partial charge on any atom is 0.416 e. The Hall–Kier alpha value is -3.40. The number of nitrogens with one attached hydrogen (secondary N) is 3. The molecule has 1 heterocycles. The zero-order chi connectivity index (χ0) is 23.1. The molecule has 0 aliphatic heterocycles. The fourth-order valence-corrected chi connectivity index (χ4v) is 3.35. The lowest BCUT2D eigenvalue weighted by molar-refractivity contribution is -0.137. The average molecular weight is 448 g/mol. The smallest absolute Gasteiger partial charge is 0.342 e. The second-order valence-corrected chi connectivity index (χ2v) is 7.38. The van der Waals surface area contributed by atoms with Crippen molar-refractivity contribution in [3.63, 3.8) is 0 Å². The number of alkyl halides is 3. The van der Waals surface area contributed by atoms with Crippen molar-refractivity contribution in [1.29, 1.82) is 0 Å². The molecule has 0 unspecified atom stereocenters. The van der Waals surface area contributed by atoms with Gasteiger partial charge in [-0.2, -0.15) is 13.2 Å². The molecule has 1 aromatic heterocycles. The molecule has 4 N–H and O–H groups in total. The van der Waals surface area contributed by atoms with Crippen molar-refractivity contribution in [2.75, 3.05) is 0 Å². The van der Waals surface area contributed by atoms with Crippen molar-refractivity contribution in [3.05, 3.63) is 65.5 Å². The number of H-pyrrole nitrogens is 1. The summed E-state index contributed by atoms with van der Waals surface area (Å²) in [6.07, 6.45) is -2.01. The maximum absolute atomic E-state index is 13.0. The van der Waals surface area contributed by atoms with Gasteiger partial charge in [-0.3, -0.25) is 14.8 Å². The minimum Gasteiger partial charge on any atom is -0.342 e. The van der Waals surface area contributed by atoms with Gasteiger partial charge < -0.3 is 10.3 Å². The highest BCUT2D eigenvalue weighted by Crippen LogP contribution is 2.31. The van der Waals surface area contributed by atoms with E-state index in [4.69, 9.17) is 5.21 Å². The summed E-state index contributed by atoms with van der Waals surface area (Å²) in [7, 11) is 0. The van der Waals surface area contributed by atoms with Crippen LogP contribution in [0.15, 0.2) is 48.5 Å². The Balaban J connectivity index is 1.77. The number of hydrogen-bond acceptors (Lipinski definition) is 4. The lowest BCUT2D eigenvalue weighted by Gasteiger charge is -2.17. The number of imidazole rings is 1. The highest BCUT2D eigenvalue weighted by molar-refractivity contribution is 5.94. The molecule has 0 saturated carbocycles. The molecular formula is C22H23F3N4O3. The van der Waals surface area contributed by atoms with E-state index < -0.39 is 23.7 Å². The quantitative estimate of drug-likeness (QED) is 0.220. The summed E-state index contributed by atoms with van der Waals surface area (Å²) in [6.45, 7) is 0. The minimum atomic E-state index is -4.47. The van der Waals surface area contributed by atoms with Gasteiger partial charge in [0.2, 0.25) is 5.91 Å². The molecule has 3 aromatic rings. The van der Waals surface area contributed by atoms with E-state index in [0.29, 0.717) is 42.6 Å². The van der Waals surface area contributed by atoms with Gasteiger partial charge in [-0.05, 0) is 43.2 Å². The number of halogens is 3. The third-order valence-electron chi connectivity index (χ3n) is 5.02. The van der Waals surface area contributed by atoms with E-state index in [1.165, 1.54) is 6.07 Å². The van der Waals surface area contributed by atoms with E-state index in [-0.39, 0.29) is 17.8 Å². The van der Waals surface area contributed by atoms with E-state index in [1.54, 1.807) is 35.8 Å². The summed E-state index contributed by atoms with van der Waals surface area (Å²) in [5.41, 5.74) is 1.84. The van der Waals surface area contributed by atoms with E-state index in [2.05, 4.69) is 15.3 Å². The number of benzene rings is 2. The molecule has 32 heavy (non-hydrogen) atoms. The second-order valence-electron chi connectivity index (χ2n) is 7.38. The largest absolute Gasteiger partial charge is 0.416 e. The number of aromatic amines is 1. The summed E-state index contributed by atoms with van der Waals surface area (Å²) in [4.78, 5) is 31.1. The highest BCUT2D eigenvalue weighted by atomic mass is 19.4. The van der Waals surface area contributed by atoms with Crippen LogP contribution in [0.4, 0.5) is 13.2 Å². The summed E-state index contributed by atoms with van der Waals surface area (Å²) in [6, 6.07) is 11.3. The number of carbonyl (C=O) groups is 2. The Labute approximate surface area is 182 Å². The third-order valence-corrected chi connectivity index (χ3v) is 5.02. The lowest BCUT2D eigenvalue weighted by atomic mass is 10.1. The fraction of sp³-hybridized carbons (Fsp3) is 0.318. The molecule has 0 aliphatic carbocycles. The van der Waals surface area contributed by atoms with Crippen molar-refractivity contribution in [2.45, 2.75) is 44.3 Å². The number of unbranched alkanes of at least 4 members (excludes halogenated alkanes) is 2. The van der Waals surface area contributed by atoms with Crippen molar-refractivity contribution in [3.8, 4) is 0 Å². The van der Waals surface area contributed by atoms with Gasteiger partial charge in [0.15, 0.2) is 0 Å². The van der Waals surface area contributed by atoms with Gasteiger partial charge in [0, 0.05) is 12.0 Å². The first kappa shape index (κ1) is 23.3. The normalized spacial score (nSPS) is 12.5. The Morgan fingerprint density at radius 1 is 1.06 bits per heavy atom. The van der Waals surface area contributed by atoms with E-state index >= 15 is 0 Å². The molecule has 0 spiro atoms. The zero-order valence-corrected chi connectivity index (χ0v) is 17.1. The molecule has 0 fully saturated rings. The SMILES string of the molecule is O=C(CCCCC[C@H](NC(=O)c1ccccc1)c1nc2ccc(C(F)(F)F)cc2[nH]1)NO. The van der Waals surface area contributed by atoms with E-state index in [1.807, 2.05) is 0 Å². The number of carbonyl (C=O) groups excluding carboxylic acids is 2. The molecule has 3 rings (SSSR count). The molecule has 10 heteroatoms. The molecule has 0 saturated heterocycles. The number of hydroxylamine groups is 1. The van der Waals surface area contributed by atoms with E-state index in [0.717, 1.165) is 12.1 Å². The molecule has 0 radical (unpaired) electrons. The van der Waals surface area contributed by atoms with E-state index in [9.17, 15) is 22.8 Å². The van der Waals surface area contributed by atoms with Crippen LogP contribution in [-0.4, -0.2) is 27.0 Å². The second kappa shape index (κ2) is 10.3. The third kappa shape index (κ3) is 6.07. The van der Waals surface area contributed by atoms with Gasteiger partial charge in [0.25, 0.3) is 5.91 Å². The van der Waals surface area contributed by atoms with Crippen LogP contribution in [0.1, 0.15) is 59.9 Å². The standard InChI is InChI=1S/C22H23F3N4O3/c23-22(24,25)15-11-12-16-18(13-15)27-20(26-16)17(9-5-2-6-10-19(30)29-32)28-21(31)14-7-3-1-4-8-14/h1,3-4,7-8,11-13,17,32H,2,5-6,9-10H2,(H,26,27)(H,28,31)(H,29,30)/t17-/m0/s1. The fourth-order valence-electron chi connectivity index (χ4n) is 3.35. The van der Waals surface area contributed by atoms with Gasteiger partial charge in [0.05, 0.1) is 22.6 Å². The average Bonchev–Trinajstić information content (AvgIpc) is 3.21. The van der Waals surface area contributed by atoms with Crippen molar-refractivity contribution < 1.29 is 28.0 Å². The topological polar surface area (TPSA) is 107 Å². The Morgan fingerprint density at radius 3 is 2.50 bits per heavy atom. The molecule has 1 atom stereocenters. The predicted molar refractivity (Wildman–Crippen MR) is 111 cm³/mol. The maximum atomic E-state index is 13.0. The first-order valence-corrected chi connectivity index (χ1v) is 10.1. The lowest BCUT2D eigenvalue weighted by Crippen LogP contribution is -2.29. The number of amides is 2. The number of nitrogens with zero attached hydrogens (tertiary/aromatic N) is 1. The van der Waals surface area contributed by atoms with Crippen LogP contribution in [0.5, 0.6) is 0 Å². The van der Waals surface area contributed by atoms with Gasteiger partial charge >= 0.3 is 6.18 Å². The van der Waals surface area contributed by atoms with Gasteiger partial charge in [-0.25, -0.2) is 10.5 Å². The first-order valence-electron chi connectivity index (χ1n) is 10.1. The summed E-state index contributed by atoms with van der Waals surface area (Å²) in [5.74, 6) is -0.444. The Kier molecular flexibility index (Phi) is 7.47. The minimum absolute atomic E-state index is 0.169. The molecular weight excluding hydrogens is 425 g/mol. The van der Waals surface area contributed by atoms with Crippen LogP contribution in [0.25, 0.3) is 11.0 Å². The van der Waals surface area contributed by atoms with Crippen LogP contribution >= 0.6 is 0 Å². The number of rotatable bonds is 9. The van der Waals surface area contributed by atoms with Crippen LogP contribution in [-0.2, 0) is 11.0 Å². The van der Waals surface area contributed by atoms with Crippen LogP contribution in [0.3, 0.4) is 0 Å². The molecule has 0 aliphatic rings.